The molecule has 2 saturated carbocycles. The summed E-state index contributed by atoms with van der Waals surface area (Å²) in [6.45, 7) is 6.42. The first kappa shape index (κ1) is 37.5. The van der Waals surface area contributed by atoms with Crippen LogP contribution in [0.4, 0.5) is 0 Å². The summed E-state index contributed by atoms with van der Waals surface area (Å²) < 4.78 is 40.9. The third-order valence-electron chi connectivity index (χ3n) is 12.4. The molecule has 2 bridgehead atoms. The van der Waals surface area contributed by atoms with E-state index in [4.69, 9.17) is 42.9 Å². The van der Waals surface area contributed by atoms with E-state index in [9.17, 15) is 14.7 Å². The molecular formula is C41H52O12. The van der Waals surface area contributed by atoms with Crippen molar-refractivity contribution < 1.29 is 57.6 Å². The predicted molar refractivity (Wildman–Crippen MR) is 192 cm³/mol. The molecule has 0 radical (unpaired) electrons. The monoisotopic (exact) mass is 736 g/mol. The molecule has 1 N–H and O–H groups in total. The fourth-order valence-electron chi connectivity index (χ4n) is 9.66. The van der Waals surface area contributed by atoms with Gasteiger partial charge >= 0.3 is 11.9 Å². The quantitative estimate of drug-likeness (QED) is 0.165. The summed E-state index contributed by atoms with van der Waals surface area (Å²) in [6.07, 6.45) is 5.24. The van der Waals surface area contributed by atoms with Gasteiger partial charge in [-0.2, -0.15) is 0 Å². The van der Waals surface area contributed by atoms with Gasteiger partial charge in [0.1, 0.15) is 11.2 Å². The fourth-order valence-corrected chi connectivity index (χ4v) is 9.66. The van der Waals surface area contributed by atoms with Crippen LogP contribution in [0.3, 0.4) is 0 Å². The van der Waals surface area contributed by atoms with Gasteiger partial charge in [-0.1, -0.05) is 19.9 Å². The number of esters is 2. The third kappa shape index (κ3) is 6.66. The van der Waals surface area contributed by atoms with Crippen molar-refractivity contribution >= 4 is 17.5 Å². The van der Waals surface area contributed by atoms with Gasteiger partial charge in [0.05, 0.1) is 53.5 Å². The third-order valence-corrected chi connectivity index (χ3v) is 12.4. The number of fused-ring (bicyclic) bond motifs is 3. The predicted octanol–water partition coefficient (Wildman–Crippen LogP) is 6.36. The maximum absolute atomic E-state index is 13.3. The first-order valence-electron chi connectivity index (χ1n) is 18.8. The molecule has 1 spiro atoms. The van der Waals surface area contributed by atoms with E-state index >= 15 is 0 Å². The molecule has 53 heavy (non-hydrogen) atoms. The average Bonchev–Trinajstić information content (AvgIpc) is 3.48. The fraction of sp³-hybridized carbons (Fsp3) is 0.610. The van der Waals surface area contributed by atoms with E-state index in [0.29, 0.717) is 65.2 Å². The summed E-state index contributed by atoms with van der Waals surface area (Å²) >= 11 is 0. The van der Waals surface area contributed by atoms with E-state index in [1.54, 1.807) is 39.5 Å². The van der Waals surface area contributed by atoms with Crippen molar-refractivity contribution in [2.24, 2.45) is 23.7 Å². The molecular weight excluding hydrogens is 684 g/mol. The van der Waals surface area contributed by atoms with Gasteiger partial charge in [0.25, 0.3) is 0 Å². The molecule has 9 atom stereocenters. The van der Waals surface area contributed by atoms with Crippen molar-refractivity contribution in [3.63, 3.8) is 0 Å². The Kier molecular flexibility index (Phi) is 10.4. The number of carbonyl (C=O) groups excluding carboxylic acids is 2. The summed E-state index contributed by atoms with van der Waals surface area (Å²) in [4.78, 5) is 38.9. The lowest BCUT2D eigenvalue weighted by atomic mass is 9.56. The van der Waals surface area contributed by atoms with Crippen LogP contribution < -0.4 is 23.7 Å². The standard InChI is InChI=1S/C41H52O12/c1-22-8-12-30-23(2)39(50-34-21-40(3)17-16-29(22)41(30,34)53-52-40)51-36(44)15-14-35(43)49-32-18-24(9-13-31(32)45-4)27-19-25(42)10-11-26-28(27)20-33(46-5)38(48-7)37(26)47-6/h9,13,18-20,22-23,25,29-30,34,39,42H,8,10-12,14-17,21H2,1-7H3/t22-,23-,25?,29+,30+,34-,39+,40+,41?/m1/s1. The zero-order chi connectivity index (χ0) is 37.7. The molecule has 0 amide bonds. The van der Waals surface area contributed by atoms with Gasteiger partial charge in [-0.15, -0.1) is 0 Å². The van der Waals surface area contributed by atoms with E-state index in [2.05, 4.69) is 20.8 Å². The molecule has 2 unspecified atom stereocenters. The van der Waals surface area contributed by atoms with Crippen LogP contribution in [0.5, 0.6) is 28.7 Å². The van der Waals surface area contributed by atoms with E-state index in [-0.39, 0.29) is 36.5 Å². The van der Waals surface area contributed by atoms with Crippen LogP contribution in [0.2, 0.25) is 0 Å². The number of benzene rings is 2. The minimum atomic E-state index is -0.750. The Hall–Kier alpha value is -3.84. The Morgan fingerprint density at radius 3 is 2.34 bits per heavy atom. The number of carbonyl (C=O) groups is 2. The van der Waals surface area contributed by atoms with E-state index < -0.39 is 35.5 Å². The number of hydrogen-bond acceptors (Lipinski definition) is 12. The van der Waals surface area contributed by atoms with E-state index in [1.807, 2.05) is 12.1 Å². The summed E-state index contributed by atoms with van der Waals surface area (Å²) in [7, 11) is 6.15. The molecule has 3 aliphatic heterocycles. The number of aliphatic hydroxyl groups excluding tert-OH is 1. The Bertz CT molecular complexity index is 1750. The van der Waals surface area contributed by atoms with E-state index in [0.717, 1.165) is 36.8 Å². The minimum absolute atomic E-state index is 0.113. The van der Waals surface area contributed by atoms with Crippen LogP contribution in [0.1, 0.15) is 88.8 Å². The lowest BCUT2D eigenvalue weighted by Gasteiger charge is -2.60. The number of methoxy groups -OCH3 is 4. The molecule has 0 aromatic heterocycles. The minimum Gasteiger partial charge on any atom is -0.493 e. The highest BCUT2D eigenvalue weighted by molar-refractivity contribution is 5.87. The zero-order valence-corrected chi connectivity index (χ0v) is 31.7. The zero-order valence-electron chi connectivity index (χ0n) is 31.7. The molecule has 3 heterocycles. The normalized spacial score (nSPS) is 32.9. The number of aliphatic hydroxyl groups is 1. The van der Waals surface area contributed by atoms with Gasteiger partial charge in [0, 0.05) is 23.8 Å². The highest BCUT2D eigenvalue weighted by Gasteiger charge is 2.68. The topological polar surface area (TPSA) is 137 Å². The van der Waals surface area contributed by atoms with Gasteiger partial charge in [0.2, 0.25) is 12.0 Å². The van der Waals surface area contributed by atoms with Gasteiger partial charge in [0.15, 0.2) is 23.0 Å². The number of rotatable bonds is 10. The maximum Gasteiger partial charge on any atom is 0.311 e. The van der Waals surface area contributed by atoms with Crippen molar-refractivity contribution in [2.45, 2.75) is 108 Å². The highest BCUT2D eigenvalue weighted by Crippen LogP contribution is 2.61. The molecule has 5 fully saturated rings. The molecule has 8 rings (SSSR count). The molecule has 12 heteroatoms. The van der Waals surface area contributed by atoms with Crippen LogP contribution in [-0.4, -0.2) is 75.2 Å². The van der Waals surface area contributed by atoms with Crippen molar-refractivity contribution in [2.75, 3.05) is 28.4 Å². The molecule has 2 aromatic carbocycles. The number of hydrogen-bond donors (Lipinski definition) is 1. The lowest BCUT2D eigenvalue weighted by molar-refractivity contribution is -0.494. The summed E-state index contributed by atoms with van der Waals surface area (Å²) in [6, 6.07) is 7.06. The van der Waals surface area contributed by atoms with Crippen LogP contribution in [0.15, 0.2) is 30.3 Å². The first-order chi connectivity index (χ1) is 25.4. The Balaban J connectivity index is 1.05. The molecule has 2 aromatic rings. The summed E-state index contributed by atoms with van der Waals surface area (Å²) in [5.41, 5.74) is 2.01. The first-order valence-corrected chi connectivity index (χ1v) is 18.8. The molecule has 3 saturated heterocycles. The van der Waals surface area contributed by atoms with Gasteiger partial charge in [-0.05, 0) is 98.3 Å². The smallest absolute Gasteiger partial charge is 0.311 e. The Morgan fingerprint density at radius 1 is 0.849 bits per heavy atom. The molecule has 288 valence electrons. The second kappa shape index (κ2) is 14.8. The van der Waals surface area contributed by atoms with Crippen LogP contribution >= 0.6 is 0 Å². The van der Waals surface area contributed by atoms with Gasteiger partial charge < -0.3 is 38.3 Å². The largest absolute Gasteiger partial charge is 0.493 e. The molecule has 12 nitrogen and oxygen atoms in total. The summed E-state index contributed by atoms with van der Waals surface area (Å²) in [5, 5.41) is 10.9. The highest BCUT2D eigenvalue weighted by atomic mass is 17.2. The second-order valence-electron chi connectivity index (χ2n) is 15.5. The second-order valence-corrected chi connectivity index (χ2v) is 15.5. The Labute approximate surface area is 310 Å². The van der Waals surface area contributed by atoms with Crippen molar-refractivity contribution in [1.82, 2.24) is 0 Å². The summed E-state index contributed by atoms with van der Waals surface area (Å²) in [5.74, 6) is 1.62. The SMILES string of the molecule is COc1ccc(C2=CC(O)CCc3c2cc(OC)c(OC)c3OC)cc1OC(=O)CCC(=O)O[C@@H]1O[C@@H]2C[C@]3(C)CC[C@H]4[C@H](C)CC[C@@H]([C@H]1C)C24OO3. The maximum atomic E-state index is 13.3. The average molecular weight is 737 g/mol. The van der Waals surface area contributed by atoms with Crippen molar-refractivity contribution in [3.8, 4) is 28.7 Å². The van der Waals surface area contributed by atoms with Crippen LogP contribution in [0.25, 0.3) is 5.57 Å². The molecule has 3 aliphatic carbocycles. The molecule has 6 aliphatic rings. The Morgan fingerprint density at radius 2 is 1.60 bits per heavy atom. The van der Waals surface area contributed by atoms with Crippen LogP contribution in [-0.2, 0) is 35.3 Å². The van der Waals surface area contributed by atoms with Crippen molar-refractivity contribution in [3.05, 3.63) is 47.0 Å². The van der Waals surface area contributed by atoms with Crippen LogP contribution in [0, 0.1) is 23.7 Å². The van der Waals surface area contributed by atoms with Crippen molar-refractivity contribution in [1.29, 1.82) is 0 Å². The van der Waals surface area contributed by atoms with E-state index in [1.165, 1.54) is 7.11 Å². The number of ether oxygens (including phenoxy) is 7. The van der Waals surface area contributed by atoms with Gasteiger partial charge in [-0.3, -0.25) is 9.59 Å². The van der Waals surface area contributed by atoms with Gasteiger partial charge in [-0.25, -0.2) is 9.78 Å². The lowest BCUT2D eigenvalue weighted by Crippen LogP contribution is -2.69.